The van der Waals surface area contributed by atoms with Gasteiger partial charge in [-0.1, -0.05) is 13.8 Å². The smallest absolute Gasteiger partial charge is 0.0803 e. The molecule has 2 N–H and O–H groups in total. The van der Waals surface area contributed by atoms with E-state index in [0.29, 0.717) is 17.9 Å². The van der Waals surface area contributed by atoms with Crippen molar-refractivity contribution in [2.75, 3.05) is 13.7 Å². The maximum atomic E-state index is 5.89. The van der Waals surface area contributed by atoms with Gasteiger partial charge in [0.15, 0.2) is 0 Å². The summed E-state index contributed by atoms with van der Waals surface area (Å²) in [5.74, 6) is 2.44. The fourth-order valence-corrected chi connectivity index (χ4v) is 3.93. The first-order chi connectivity index (χ1) is 6.95. The number of hydrogen-bond acceptors (Lipinski definition) is 2. The van der Waals surface area contributed by atoms with Gasteiger partial charge in [-0.2, -0.15) is 0 Å². The summed E-state index contributed by atoms with van der Waals surface area (Å²) in [5, 5.41) is 0. The zero-order valence-electron chi connectivity index (χ0n) is 10.5. The second-order valence-corrected chi connectivity index (χ2v) is 6.27. The van der Waals surface area contributed by atoms with Crippen molar-refractivity contribution in [2.24, 2.45) is 28.9 Å². The molecule has 0 amide bonds. The van der Waals surface area contributed by atoms with Crippen LogP contribution < -0.4 is 5.73 Å². The van der Waals surface area contributed by atoms with Crippen LogP contribution in [0.2, 0.25) is 0 Å². The van der Waals surface area contributed by atoms with Gasteiger partial charge in [-0.3, -0.25) is 0 Å². The molecule has 3 aliphatic carbocycles. The second kappa shape index (κ2) is 3.46. The minimum absolute atomic E-state index is 0.104. The molecule has 4 atom stereocenters. The average molecular weight is 211 g/mol. The molecule has 0 aromatic rings. The highest BCUT2D eigenvalue weighted by atomic mass is 16.5. The summed E-state index contributed by atoms with van der Waals surface area (Å²) >= 11 is 0. The van der Waals surface area contributed by atoms with Gasteiger partial charge in [0.25, 0.3) is 0 Å². The van der Waals surface area contributed by atoms with Crippen LogP contribution in [0.15, 0.2) is 0 Å². The fourth-order valence-electron chi connectivity index (χ4n) is 3.93. The van der Waals surface area contributed by atoms with Crippen LogP contribution in [0.3, 0.4) is 0 Å². The maximum absolute atomic E-state index is 5.89. The molecule has 88 valence electrons. The van der Waals surface area contributed by atoms with Crippen LogP contribution in [-0.4, -0.2) is 19.3 Å². The molecule has 3 rings (SSSR count). The molecule has 0 saturated heterocycles. The number of hydrogen-bond donors (Lipinski definition) is 1. The van der Waals surface area contributed by atoms with Crippen molar-refractivity contribution >= 4 is 0 Å². The minimum Gasteiger partial charge on any atom is -0.377 e. The lowest BCUT2D eigenvalue weighted by atomic mass is 9.43. The molecule has 0 aliphatic heterocycles. The molecule has 2 heteroatoms. The van der Waals surface area contributed by atoms with E-state index in [4.69, 9.17) is 10.5 Å². The van der Waals surface area contributed by atoms with Gasteiger partial charge in [0, 0.05) is 13.7 Å². The third-order valence-corrected chi connectivity index (χ3v) is 5.51. The van der Waals surface area contributed by atoms with E-state index in [9.17, 15) is 0 Å². The Hall–Kier alpha value is -0.0800. The van der Waals surface area contributed by atoms with E-state index in [1.54, 1.807) is 0 Å². The molecule has 0 aromatic carbocycles. The fraction of sp³-hybridized carbons (Fsp3) is 1.00. The summed E-state index contributed by atoms with van der Waals surface area (Å²) in [6, 6.07) is 0. The lowest BCUT2D eigenvalue weighted by Gasteiger charge is -2.63. The van der Waals surface area contributed by atoms with Crippen LogP contribution in [0.4, 0.5) is 0 Å². The predicted molar refractivity (Wildman–Crippen MR) is 62.6 cm³/mol. The van der Waals surface area contributed by atoms with Crippen molar-refractivity contribution in [3.05, 3.63) is 0 Å². The summed E-state index contributed by atoms with van der Waals surface area (Å²) < 4.78 is 5.69. The standard InChI is InChI=1S/C13H25NO/c1-12(2)9-5-6-10(11(12)7-9)13(3,8-14)15-4/h9-11H,5-8,14H2,1-4H3. The number of methoxy groups -OCH3 is 1. The zero-order chi connectivity index (χ0) is 11.3. The highest BCUT2D eigenvalue weighted by Crippen LogP contribution is 2.63. The molecule has 0 spiro atoms. The van der Waals surface area contributed by atoms with Crippen LogP contribution in [0.25, 0.3) is 0 Å². The van der Waals surface area contributed by atoms with Crippen LogP contribution in [-0.2, 0) is 4.74 Å². The summed E-state index contributed by atoms with van der Waals surface area (Å²) in [6.45, 7) is 7.67. The molecule has 0 aromatic heterocycles. The van der Waals surface area contributed by atoms with E-state index in [2.05, 4.69) is 20.8 Å². The van der Waals surface area contributed by atoms with Gasteiger partial charge in [-0.05, 0) is 49.4 Å². The van der Waals surface area contributed by atoms with E-state index in [1.165, 1.54) is 19.3 Å². The Morgan fingerprint density at radius 2 is 2.07 bits per heavy atom. The van der Waals surface area contributed by atoms with Gasteiger partial charge < -0.3 is 10.5 Å². The van der Waals surface area contributed by atoms with Crippen molar-refractivity contribution in [1.29, 1.82) is 0 Å². The lowest BCUT2D eigenvalue weighted by Crippen LogP contribution is -2.60. The Bertz CT molecular complexity index is 243. The molecule has 2 bridgehead atoms. The third-order valence-electron chi connectivity index (χ3n) is 5.51. The van der Waals surface area contributed by atoms with Gasteiger partial charge in [-0.15, -0.1) is 0 Å². The number of ether oxygens (including phenoxy) is 1. The zero-order valence-corrected chi connectivity index (χ0v) is 10.5. The molecule has 3 aliphatic rings. The van der Waals surface area contributed by atoms with Crippen molar-refractivity contribution in [1.82, 2.24) is 0 Å². The Balaban J connectivity index is 2.17. The molecular formula is C13H25NO. The Morgan fingerprint density at radius 1 is 1.40 bits per heavy atom. The van der Waals surface area contributed by atoms with Crippen molar-refractivity contribution in [3.63, 3.8) is 0 Å². The summed E-state index contributed by atoms with van der Waals surface area (Å²) in [7, 11) is 1.81. The van der Waals surface area contributed by atoms with Crippen molar-refractivity contribution in [2.45, 2.75) is 45.6 Å². The molecule has 4 unspecified atom stereocenters. The number of nitrogens with two attached hydrogens (primary N) is 1. The molecule has 3 fully saturated rings. The van der Waals surface area contributed by atoms with Crippen LogP contribution >= 0.6 is 0 Å². The van der Waals surface area contributed by atoms with E-state index < -0.39 is 0 Å². The Kier molecular flexibility index (Phi) is 2.63. The predicted octanol–water partition coefficient (Wildman–Crippen LogP) is 2.42. The topological polar surface area (TPSA) is 35.2 Å². The van der Waals surface area contributed by atoms with Crippen LogP contribution in [0.5, 0.6) is 0 Å². The summed E-state index contributed by atoms with van der Waals surface area (Å²) in [4.78, 5) is 0. The summed E-state index contributed by atoms with van der Waals surface area (Å²) in [6.07, 6.45) is 4.07. The number of fused-ring (bicyclic) bond motifs is 2. The number of rotatable bonds is 3. The maximum Gasteiger partial charge on any atom is 0.0803 e. The highest BCUT2D eigenvalue weighted by Gasteiger charge is 2.58. The molecule has 3 saturated carbocycles. The van der Waals surface area contributed by atoms with Gasteiger partial charge in [0.1, 0.15) is 0 Å². The normalized spacial score (nSPS) is 41.8. The van der Waals surface area contributed by atoms with Crippen molar-refractivity contribution in [3.8, 4) is 0 Å². The Morgan fingerprint density at radius 3 is 2.47 bits per heavy atom. The Labute approximate surface area is 93.6 Å². The second-order valence-electron chi connectivity index (χ2n) is 6.27. The minimum atomic E-state index is -0.104. The lowest BCUT2D eigenvalue weighted by molar-refractivity contribution is -0.174. The molecule has 15 heavy (non-hydrogen) atoms. The molecular weight excluding hydrogens is 186 g/mol. The SMILES string of the molecule is COC(C)(CN)C1CCC2CC1C2(C)C. The monoisotopic (exact) mass is 211 g/mol. The van der Waals surface area contributed by atoms with Gasteiger partial charge in [0.05, 0.1) is 5.60 Å². The van der Waals surface area contributed by atoms with Gasteiger partial charge in [0.2, 0.25) is 0 Å². The molecule has 0 heterocycles. The first-order valence-electron chi connectivity index (χ1n) is 6.21. The average Bonchev–Trinajstić information content (AvgIpc) is 2.27. The first-order valence-corrected chi connectivity index (χ1v) is 6.21. The van der Waals surface area contributed by atoms with Crippen LogP contribution in [0.1, 0.15) is 40.0 Å². The van der Waals surface area contributed by atoms with E-state index in [1.807, 2.05) is 7.11 Å². The van der Waals surface area contributed by atoms with Gasteiger partial charge in [-0.25, -0.2) is 0 Å². The van der Waals surface area contributed by atoms with E-state index in [-0.39, 0.29) is 5.60 Å². The quantitative estimate of drug-likeness (QED) is 0.778. The highest BCUT2D eigenvalue weighted by molar-refractivity contribution is 5.07. The first kappa shape index (κ1) is 11.4. The van der Waals surface area contributed by atoms with Crippen molar-refractivity contribution < 1.29 is 4.74 Å². The summed E-state index contributed by atoms with van der Waals surface area (Å²) in [5.41, 5.74) is 6.31. The van der Waals surface area contributed by atoms with E-state index in [0.717, 1.165) is 11.8 Å². The third kappa shape index (κ3) is 1.45. The molecule has 2 nitrogen and oxygen atoms in total. The van der Waals surface area contributed by atoms with E-state index >= 15 is 0 Å². The van der Waals surface area contributed by atoms with Gasteiger partial charge >= 0.3 is 0 Å². The van der Waals surface area contributed by atoms with Crippen LogP contribution in [0, 0.1) is 23.2 Å². The largest absolute Gasteiger partial charge is 0.377 e. The molecule has 0 radical (unpaired) electrons.